The summed E-state index contributed by atoms with van der Waals surface area (Å²) >= 11 is 0. The Hall–Kier alpha value is -1.09. The van der Waals surface area contributed by atoms with Gasteiger partial charge in [0.05, 0.1) is 12.1 Å². The van der Waals surface area contributed by atoms with Crippen LogP contribution in [0.2, 0.25) is 0 Å². The third kappa shape index (κ3) is 2.04. The molecule has 0 aliphatic heterocycles. The first kappa shape index (κ1) is 11.0. The SMILES string of the molecule is Cc1cccnc1N(C)C(C)(C)CO. The molecule has 3 nitrogen and oxygen atoms in total. The second-order valence-corrected chi connectivity index (χ2v) is 4.17. The van der Waals surface area contributed by atoms with Gasteiger partial charge in [0.1, 0.15) is 5.82 Å². The van der Waals surface area contributed by atoms with E-state index in [1.54, 1.807) is 6.20 Å². The second-order valence-electron chi connectivity index (χ2n) is 4.17. The van der Waals surface area contributed by atoms with Crippen molar-refractivity contribution in [2.24, 2.45) is 0 Å². The topological polar surface area (TPSA) is 36.4 Å². The average Bonchev–Trinajstić information content (AvgIpc) is 2.17. The van der Waals surface area contributed by atoms with E-state index in [0.29, 0.717) is 0 Å². The van der Waals surface area contributed by atoms with Crippen LogP contribution in [0.25, 0.3) is 0 Å². The summed E-state index contributed by atoms with van der Waals surface area (Å²) in [6.45, 7) is 6.11. The van der Waals surface area contributed by atoms with Gasteiger partial charge in [-0.2, -0.15) is 0 Å². The highest BCUT2D eigenvalue weighted by molar-refractivity contribution is 5.47. The highest BCUT2D eigenvalue weighted by Crippen LogP contribution is 2.22. The Morgan fingerprint density at radius 1 is 1.50 bits per heavy atom. The molecule has 0 aliphatic rings. The van der Waals surface area contributed by atoms with Crippen LogP contribution < -0.4 is 4.90 Å². The lowest BCUT2D eigenvalue weighted by Crippen LogP contribution is -2.45. The summed E-state index contributed by atoms with van der Waals surface area (Å²) in [7, 11) is 1.95. The molecule has 0 radical (unpaired) electrons. The van der Waals surface area contributed by atoms with Crippen LogP contribution in [0.3, 0.4) is 0 Å². The summed E-state index contributed by atoms with van der Waals surface area (Å²) in [6, 6.07) is 3.94. The highest BCUT2D eigenvalue weighted by atomic mass is 16.3. The fraction of sp³-hybridized carbons (Fsp3) is 0.545. The molecular formula is C11H18N2O. The van der Waals surface area contributed by atoms with E-state index in [1.165, 1.54) is 0 Å². The van der Waals surface area contributed by atoms with Crippen LogP contribution in [-0.4, -0.2) is 29.3 Å². The minimum absolute atomic E-state index is 0.111. The molecular weight excluding hydrogens is 176 g/mol. The molecule has 0 unspecified atom stereocenters. The molecule has 3 heteroatoms. The van der Waals surface area contributed by atoms with Gasteiger partial charge in [-0.05, 0) is 32.4 Å². The number of aryl methyl sites for hydroxylation is 1. The molecule has 0 bridgehead atoms. The quantitative estimate of drug-likeness (QED) is 0.794. The number of hydrogen-bond donors (Lipinski definition) is 1. The highest BCUT2D eigenvalue weighted by Gasteiger charge is 2.24. The molecule has 0 spiro atoms. The zero-order chi connectivity index (χ0) is 10.8. The maximum Gasteiger partial charge on any atom is 0.131 e. The Kier molecular flexibility index (Phi) is 3.11. The minimum atomic E-state index is -0.279. The first-order chi connectivity index (χ1) is 6.49. The van der Waals surface area contributed by atoms with E-state index in [9.17, 15) is 5.11 Å². The summed E-state index contributed by atoms with van der Waals surface area (Å²) in [5, 5.41) is 9.25. The molecule has 0 saturated heterocycles. The summed E-state index contributed by atoms with van der Waals surface area (Å²) in [5.74, 6) is 0.923. The van der Waals surface area contributed by atoms with Crippen LogP contribution in [0.4, 0.5) is 5.82 Å². The fourth-order valence-electron chi connectivity index (χ4n) is 1.22. The van der Waals surface area contributed by atoms with Crippen molar-refractivity contribution in [3.05, 3.63) is 23.9 Å². The summed E-state index contributed by atoms with van der Waals surface area (Å²) in [4.78, 5) is 6.31. The Morgan fingerprint density at radius 2 is 2.14 bits per heavy atom. The summed E-state index contributed by atoms with van der Waals surface area (Å²) in [5.41, 5.74) is 0.843. The normalized spacial score (nSPS) is 11.5. The summed E-state index contributed by atoms with van der Waals surface area (Å²) in [6.07, 6.45) is 1.77. The molecule has 0 atom stereocenters. The van der Waals surface area contributed by atoms with E-state index < -0.39 is 0 Å². The van der Waals surface area contributed by atoms with E-state index in [4.69, 9.17) is 0 Å². The zero-order valence-corrected chi connectivity index (χ0v) is 9.28. The number of nitrogens with zero attached hydrogens (tertiary/aromatic N) is 2. The number of anilines is 1. The van der Waals surface area contributed by atoms with Gasteiger partial charge in [-0.1, -0.05) is 6.07 Å². The van der Waals surface area contributed by atoms with E-state index >= 15 is 0 Å². The van der Waals surface area contributed by atoms with Gasteiger partial charge in [0.25, 0.3) is 0 Å². The van der Waals surface area contributed by atoms with Crippen LogP contribution in [0, 0.1) is 6.92 Å². The van der Waals surface area contributed by atoms with Crippen LogP contribution in [0.1, 0.15) is 19.4 Å². The van der Waals surface area contributed by atoms with Gasteiger partial charge in [0.2, 0.25) is 0 Å². The van der Waals surface area contributed by atoms with Crippen LogP contribution in [0.5, 0.6) is 0 Å². The standard InChI is InChI=1S/C11H18N2O/c1-9-6-5-7-12-10(9)13(4)11(2,3)8-14/h5-7,14H,8H2,1-4H3. The van der Waals surface area contributed by atoms with Crippen molar-refractivity contribution in [1.82, 2.24) is 4.98 Å². The molecule has 0 saturated carbocycles. The average molecular weight is 194 g/mol. The fourth-order valence-corrected chi connectivity index (χ4v) is 1.22. The maximum absolute atomic E-state index is 9.25. The van der Waals surface area contributed by atoms with Gasteiger partial charge in [-0.3, -0.25) is 0 Å². The summed E-state index contributed by atoms with van der Waals surface area (Å²) < 4.78 is 0. The Morgan fingerprint density at radius 3 is 2.64 bits per heavy atom. The lowest BCUT2D eigenvalue weighted by molar-refractivity contribution is 0.215. The molecule has 14 heavy (non-hydrogen) atoms. The monoisotopic (exact) mass is 194 g/mol. The number of rotatable bonds is 3. The first-order valence-corrected chi connectivity index (χ1v) is 4.75. The zero-order valence-electron chi connectivity index (χ0n) is 9.28. The van der Waals surface area contributed by atoms with E-state index in [-0.39, 0.29) is 12.1 Å². The predicted octanol–water partition coefficient (Wildman–Crippen LogP) is 1.60. The number of aliphatic hydroxyl groups is 1. The number of aromatic nitrogens is 1. The number of pyridine rings is 1. The largest absolute Gasteiger partial charge is 0.394 e. The molecule has 1 rings (SSSR count). The lowest BCUT2D eigenvalue weighted by atomic mass is 10.0. The third-order valence-electron chi connectivity index (χ3n) is 2.59. The smallest absolute Gasteiger partial charge is 0.131 e. The molecule has 1 aromatic heterocycles. The molecule has 0 aliphatic carbocycles. The molecule has 0 amide bonds. The molecule has 1 heterocycles. The molecule has 1 N–H and O–H groups in total. The van der Waals surface area contributed by atoms with Gasteiger partial charge >= 0.3 is 0 Å². The number of hydrogen-bond acceptors (Lipinski definition) is 3. The predicted molar refractivity (Wildman–Crippen MR) is 58.5 cm³/mol. The lowest BCUT2D eigenvalue weighted by Gasteiger charge is -2.35. The molecule has 0 fully saturated rings. The molecule has 1 aromatic rings. The Bertz CT molecular complexity index is 310. The van der Waals surface area contributed by atoms with Crippen molar-refractivity contribution >= 4 is 5.82 Å². The van der Waals surface area contributed by atoms with Crippen molar-refractivity contribution < 1.29 is 5.11 Å². The van der Waals surface area contributed by atoms with Crippen LogP contribution in [-0.2, 0) is 0 Å². The Balaban J connectivity index is 3.00. The van der Waals surface area contributed by atoms with E-state index in [2.05, 4.69) is 4.98 Å². The van der Waals surface area contributed by atoms with Gasteiger partial charge in [-0.15, -0.1) is 0 Å². The Labute approximate surface area is 85.4 Å². The van der Waals surface area contributed by atoms with Crippen molar-refractivity contribution in [3.8, 4) is 0 Å². The number of likely N-dealkylation sites (N-methyl/N-ethyl adjacent to an activating group) is 1. The minimum Gasteiger partial charge on any atom is -0.394 e. The van der Waals surface area contributed by atoms with Crippen molar-refractivity contribution in [3.63, 3.8) is 0 Å². The number of aliphatic hydroxyl groups excluding tert-OH is 1. The van der Waals surface area contributed by atoms with Crippen LogP contribution >= 0.6 is 0 Å². The molecule has 0 aromatic carbocycles. The van der Waals surface area contributed by atoms with Gasteiger partial charge < -0.3 is 10.0 Å². The van der Waals surface area contributed by atoms with Gasteiger partial charge in [0, 0.05) is 13.2 Å². The first-order valence-electron chi connectivity index (χ1n) is 4.75. The van der Waals surface area contributed by atoms with Gasteiger partial charge in [0.15, 0.2) is 0 Å². The second kappa shape index (κ2) is 3.96. The van der Waals surface area contributed by atoms with E-state index in [1.807, 2.05) is 44.9 Å². The third-order valence-corrected chi connectivity index (χ3v) is 2.59. The van der Waals surface area contributed by atoms with Crippen molar-refractivity contribution in [1.29, 1.82) is 0 Å². The van der Waals surface area contributed by atoms with Crippen molar-refractivity contribution in [2.45, 2.75) is 26.3 Å². The van der Waals surface area contributed by atoms with Gasteiger partial charge in [-0.25, -0.2) is 4.98 Å². The van der Waals surface area contributed by atoms with E-state index in [0.717, 1.165) is 11.4 Å². The maximum atomic E-state index is 9.25. The molecule has 78 valence electrons. The van der Waals surface area contributed by atoms with Crippen LogP contribution in [0.15, 0.2) is 18.3 Å². The van der Waals surface area contributed by atoms with Crippen molar-refractivity contribution in [2.75, 3.05) is 18.6 Å².